The molecule has 2 heterocycles. The van der Waals surface area contributed by atoms with Crippen molar-refractivity contribution in [2.24, 2.45) is 0 Å². The monoisotopic (exact) mass is 372 g/mol. The van der Waals surface area contributed by atoms with Crippen LogP contribution in [-0.4, -0.2) is 36.2 Å². The zero-order chi connectivity index (χ0) is 18.8. The Hall–Kier alpha value is -3.01. The topological polar surface area (TPSA) is 115 Å². The normalized spacial score (nSPS) is 10.9. The lowest BCUT2D eigenvalue weighted by molar-refractivity contribution is -0.385. The third-order valence-corrected chi connectivity index (χ3v) is 4.54. The summed E-state index contributed by atoms with van der Waals surface area (Å²) in [6, 6.07) is 6.46. The molecule has 3 aromatic rings. The second-order valence-electron chi connectivity index (χ2n) is 5.69. The van der Waals surface area contributed by atoms with Crippen LogP contribution in [0.15, 0.2) is 29.4 Å². The van der Waals surface area contributed by atoms with E-state index in [1.54, 1.807) is 17.5 Å². The van der Waals surface area contributed by atoms with Gasteiger partial charge in [-0.3, -0.25) is 14.9 Å². The largest absolute Gasteiger partial charge is 0.325 e. The Morgan fingerprint density at radius 1 is 1.31 bits per heavy atom. The fourth-order valence-electron chi connectivity index (χ4n) is 2.48. The fourth-order valence-corrected chi connectivity index (χ4v) is 3.10. The molecule has 9 nitrogen and oxygen atoms in total. The summed E-state index contributed by atoms with van der Waals surface area (Å²) in [6.07, 6.45) is 0. The molecule has 0 spiro atoms. The predicted octanol–water partition coefficient (Wildman–Crippen LogP) is 2.69. The number of nitro groups is 1. The molecule has 0 unspecified atom stereocenters. The third-order valence-electron chi connectivity index (χ3n) is 3.71. The fraction of sp³-hybridized carbons (Fsp3) is 0.250. The number of carbonyl (C=O) groups excluding carboxylic acids is 1. The summed E-state index contributed by atoms with van der Waals surface area (Å²) < 4.78 is 1.62. The van der Waals surface area contributed by atoms with Crippen LogP contribution in [0.3, 0.4) is 0 Å². The van der Waals surface area contributed by atoms with Crippen LogP contribution < -0.4 is 5.32 Å². The average molecular weight is 372 g/mol. The molecule has 1 amide bonds. The summed E-state index contributed by atoms with van der Waals surface area (Å²) in [4.78, 5) is 31.3. The first-order chi connectivity index (χ1) is 12.3. The maximum absolute atomic E-state index is 12.2. The van der Waals surface area contributed by atoms with Crippen LogP contribution in [0.4, 0.5) is 11.4 Å². The van der Waals surface area contributed by atoms with E-state index >= 15 is 0 Å². The molecule has 3 rings (SSSR count). The molecule has 0 aliphatic rings. The number of nitro benzene ring substituents is 1. The van der Waals surface area contributed by atoms with Gasteiger partial charge in [0.2, 0.25) is 11.1 Å². The van der Waals surface area contributed by atoms with Gasteiger partial charge in [-0.25, -0.2) is 9.50 Å². The highest BCUT2D eigenvalue weighted by molar-refractivity contribution is 7.99. The van der Waals surface area contributed by atoms with Crippen LogP contribution in [0.5, 0.6) is 0 Å². The zero-order valence-corrected chi connectivity index (χ0v) is 15.2. The second-order valence-corrected chi connectivity index (χ2v) is 6.63. The number of carbonyl (C=O) groups is 1. The molecule has 0 saturated heterocycles. The van der Waals surface area contributed by atoms with E-state index in [0.29, 0.717) is 22.2 Å². The number of benzene rings is 1. The Bertz CT molecular complexity index is 1020. The van der Waals surface area contributed by atoms with E-state index in [1.807, 2.05) is 19.9 Å². The van der Waals surface area contributed by atoms with Crippen molar-refractivity contribution >= 4 is 34.8 Å². The van der Waals surface area contributed by atoms with Gasteiger partial charge in [0.05, 0.1) is 21.9 Å². The van der Waals surface area contributed by atoms with Crippen molar-refractivity contribution in [1.82, 2.24) is 19.6 Å². The summed E-state index contributed by atoms with van der Waals surface area (Å²) in [5.41, 5.74) is 2.55. The van der Waals surface area contributed by atoms with E-state index in [0.717, 1.165) is 11.4 Å². The Kier molecular flexibility index (Phi) is 4.85. The lowest BCUT2D eigenvalue weighted by Gasteiger charge is -2.07. The van der Waals surface area contributed by atoms with Crippen LogP contribution in [-0.2, 0) is 4.79 Å². The van der Waals surface area contributed by atoms with E-state index < -0.39 is 4.92 Å². The number of aromatic nitrogens is 4. The number of amides is 1. The van der Waals surface area contributed by atoms with Crippen molar-refractivity contribution in [3.05, 3.63) is 51.3 Å². The van der Waals surface area contributed by atoms with Gasteiger partial charge >= 0.3 is 0 Å². The number of hydrogen-bond donors (Lipinski definition) is 1. The van der Waals surface area contributed by atoms with Gasteiger partial charge in [-0.2, -0.15) is 4.98 Å². The average Bonchev–Trinajstić information content (AvgIpc) is 2.98. The number of nitrogens with zero attached hydrogens (tertiary/aromatic N) is 5. The quantitative estimate of drug-likeness (QED) is 0.416. The third kappa shape index (κ3) is 3.64. The summed E-state index contributed by atoms with van der Waals surface area (Å²) in [6.45, 7) is 5.38. The highest BCUT2D eigenvalue weighted by atomic mass is 32.2. The highest BCUT2D eigenvalue weighted by Gasteiger charge is 2.16. The zero-order valence-electron chi connectivity index (χ0n) is 14.4. The number of anilines is 1. The lowest BCUT2D eigenvalue weighted by atomic mass is 10.1. The molecule has 1 aromatic carbocycles. The van der Waals surface area contributed by atoms with Crippen molar-refractivity contribution < 1.29 is 9.72 Å². The Morgan fingerprint density at radius 3 is 2.81 bits per heavy atom. The smallest absolute Gasteiger partial charge is 0.274 e. The SMILES string of the molecule is Cc1cc(C)n2nc(SCC(=O)Nc3cccc([N+](=O)[O-])c3C)nc2n1. The summed E-state index contributed by atoms with van der Waals surface area (Å²) in [7, 11) is 0. The van der Waals surface area contributed by atoms with E-state index in [-0.39, 0.29) is 17.3 Å². The van der Waals surface area contributed by atoms with E-state index in [1.165, 1.54) is 23.9 Å². The molecular formula is C16H16N6O3S. The van der Waals surface area contributed by atoms with Crippen molar-refractivity contribution in [2.75, 3.05) is 11.1 Å². The van der Waals surface area contributed by atoms with Crippen molar-refractivity contribution in [2.45, 2.75) is 25.9 Å². The number of hydrogen-bond acceptors (Lipinski definition) is 7. The number of nitrogens with one attached hydrogen (secondary N) is 1. The molecule has 0 atom stereocenters. The van der Waals surface area contributed by atoms with Gasteiger partial charge in [-0.15, -0.1) is 5.10 Å². The Labute approximate surface area is 153 Å². The minimum Gasteiger partial charge on any atom is -0.325 e. The molecule has 0 aliphatic heterocycles. The highest BCUT2D eigenvalue weighted by Crippen LogP contribution is 2.25. The molecule has 2 aromatic heterocycles. The molecule has 134 valence electrons. The molecule has 0 bridgehead atoms. The van der Waals surface area contributed by atoms with Gasteiger partial charge in [0, 0.05) is 17.5 Å². The molecule has 1 N–H and O–H groups in total. The van der Waals surface area contributed by atoms with Crippen molar-refractivity contribution in [3.63, 3.8) is 0 Å². The van der Waals surface area contributed by atoms with Gasteiger partial charge in [-0.1, -0.05) is 17.8 Å². The van der Waals surface area contributed by atoms with Crippen LogP contribution in [0.1, 0.15) is 17.0 Å². The van der Waals surface area contributed by atoms with E-state index in [2.05, 4.69) is 20.4 Å². The standard InChI is InChI=1S/C16H16N6O3S/c1-9-7-10(2)21-15(17-9)19-16(20-21)26-8-14(23)18-12-5-4-6-13(11(12)3)22(24)25/h4-7H,8H2,1-3H3,(H,18,23). The molecule has 0 aliphatic carbocycles. The first kappa shape index (κ1) is 17.8. The molecule has 0 radical (unpaired) electrons. The van der Waals surface area contributed by atoms with Gasteiger partial charge in [0.1, 0.15) is 0 Å². The Balaban J connectivity index is 1.69. The maximum Gasteiger partial charge on any atom is 0.274 e. The molecule has 26 heavy (non-hydrogen) atoms. The molecule has 10 heteroatoms. The van der Waals surface area contributed by atoms with Gasteiger partial charge < -0.3 is 5.32 Å². The molecule has 0 saturated carbocycles. The minimum atomic E-state index is -0.475. The summed E-state index contributed by atoms with van der Waals surface area (Å²) >= 11 is 1.18. The van der Waals surface area contributed by atoms with Crippen molar-refractivity contribution in [1.29, 1.82) is 0 Å². The first-order valence-electron chi connectivity index (χ1n) is 7.73. The lowest BCUT2D eigenvalue weighted by Crippen LogP contribution is -2.15. The van der Waals surface area contributed by atoms with Gasteiger partial charge in [0.25, 0.3) is 11.5 Å². The number of fused-ring (bicyclic) bond motifs is 1. The van der Waals surface area contributed by atoms with E-state index in [4.69, 9.17) is 0 Å². The second kappa shape index (κ2) is 7.08. The van der Waals surface area contributed by atoms with Gasteiger partial charge in [0.15, 0.2) is 0 Å². The number of aryl methyl sites for hydroxylation is 2. The maximum atomic E-state index is 12.2. The summed E-state index contributed by atoms with van der Waals surface area (Å²) in [5.74, 6) is 0.273. The molecule has 0 fully saturated rings. The minimum absolute atomic E-state index is 0.0330. The van der Waals surface area contributed by atoms with Crippen molar-refractivity contribution in [3.8, 4) is 0 Å². The van der Waals surface area contributed by atoms with Crippen LogP contribution in [0.2, 0.25) is 0 Å². The summed E-state index contributed by atoms with van der Waals surface area (Å²) in [5, 5.41) is 18.4. The van der Waals surface area contributed by atoms with Crippen LogP contribution in [0.25, 0.3) is 5.78 Å². The predicted molar refractivity (Wildman–Crippen MR) is 97.4 cm³/mol. The first-order valence-corrected chi connectivity index (χ1v) is 8.71. The van der Waals surface area contributed by atoms with E-state index in [9.17, 15) is 14.9 Å². The number of rotatable bonds is 5. The molecular weight excluding hydrogens is 356 g/mol. The van der Waals surface area contributed by atoms with Gasteiger partial charge in [-0.05, 0) is 32.9 Å². The van der Waals surface area contributed by atoms with Crippen LogP contribution in [0, 0.1) is 30.9 Å². The van der Waals surface area contributed by atoms with Crippen LogP contribution >= 0.6 is 11.8 Å². The number of thioether (sulfide) groups is 1. The Morgan fingerprint density at radius 2 is 2.08 bits per heavy atom.